The second kappa shape index (κ2) is 10.1. The fraction of sp³-hybridized carbons (Fsp3) is 0.400. The lowest BCUT2D eigenvalue weighted by Gasteiger charge is -2.43. The molecule has 1 fully saturated rings. The lowest BCUT2D eigenvalue weighted by Crippen LogP contribution is -2.49. The molecule has 0 radical (unpaired) electrons. The fourth-order valence-corrected chi connectivity index (χ4v) is 3.43. The number of hydrogen-bond acceptors (Lipinski definition) is 2. The molecular weight excluding hydrogens is 459 g/mol. The van der Waals surface area contributed by atoms with Gasteiger partial charge in [-0.15, -0.1) is 24.0 Å². The third-order valence-electron chi connectivity index (χ3n) is 4.98. The first-order chi connectivity index (χ1) is 12.2. The van der Waals surface area contributed by atoms with E-state index in [0.29, 0.717) is 0 Å². The second-order valence-corrected chi connectivity index (χ2v) is 7.00. The zero-order valence-electron chi connectivity index (χ0n) is 15.0. The zero-order valence-corrected chi connectivity index (χ0v) is 18.1. The van der Waals surface area contributed by atoms with Crippen LogP contribution in [0.15, 0.2) is 53.7 Å². The van der Waals surface area contributed by atoms with Gasteiger partial charge in [0.15, 0.2) is 5.96 Å². The van der Waals surface area contributed by atoms with E-state index < -0.39 is 0 Å². The highest BCUT2D eigenvalue weighted by Crippen LogP contribution is 2.43. The van der Waals surface area contributed by atoms with Crippen molar-refractivity contribution in [3.63, 3.8) is 0 Å². The highest BCUT2D eigenvalue weighted by Gasteiger charge is 2.38. The molecule has 0 bridgehead atoms. The summed E-state index contributed by atoms with van der Waals surface area (Å²) in [7, 11) is 1.81. The molecule has 4 nitrogen and oxygen atoms in total. The molecule has 1 heterocycles. The monoisotopic (exact) mass is 484 g/mol. The molecule has 0 spiro atoms. The van der Waals surface area contributed by atoms with E-state index in [-0.39, 0.29) is 29.4 Å². The van der Waals surface area contributed by atoms with Crippen LogP contribution >= 0.6 is 35.6 Å². The Labute approximate surface area is 177 Å². The van der Waals surface area contributed by atoms with Gasteiger partial charge in [-0.1, -0.05) is 36.2 Å². The largest absolute Gasteiger partial charge is 0.356 e. The van der Waals surface area contributed by atoms with Gasteiger partial charge < -0.3 is 10.6 Å². The van der Waals surface area contributed by atoms with Gasteiger partial charge in [-0.3, -0.25) is 9.98 Å². The van der Waals surface area contributed by atoms with Crippen LogP contribution < -0.4 is 10.6 Å². The molecule has 0 aliphatic heterocycles. The molecule has 1 saturated carbocycles. The molecule has 0 amide bonds. The molecule has 0 atom stereocenters. The first-order valence-electron chi connectivity index (χ1n) is 8.82. The first kappa shape index (κ1) is 21.0. The second-order valence-electron chi connectivity index (χ2n) is 6.56. The normalized spacial score (nSPS) is 15.5. The van der Waals surface area contributed by atoms with Crippen LogP contribution in [0.1, 0.15) is 30.5 Å². The highest BCUT2D eigenvalue weighted by atomic mass is 127. The quantitative estimate of drug-likeness (QED) is 0.367. The molecule has 1 aromatic heterocycles. The molecule has 6 heteroatoms. The summed E-state index contributed by atoms with van der Waals surface area (Å²) < 4.78 is 0. The summed E-state index contributed by atoms with van der Waals surface area (Å²) in [5.41, 5.74) is 2.64. The molecule has 0 unspecified atom stereocenters. The summed E-state index contributed by atoms with van der Waals surface area (Å²) in [5.74, 6) is 0.844. The molecule has 1 aromatic carbocycles. The minimum absolute atomic E-state index is 0. The Hall–Kier alpha value is -1.34. The minimum Gasteiger partial charge on any atom is -0.356 e. The summed E-state index contributed by atoms with van der Waals surface area (Å²) in [6, 6.07) is 14.3. The molecular formula is C20H26ClIN4. The average molecular weight is 485 g/mol. The SMILES string of the molecule is CN=C(NCCc1ccccn1)NCC1(c2ccc(Cl)cc2)CCC1.I. The Morgan fingerprint density at radius 3 is 2.50 bits per heavy atom. The van der Waals surface area contributed by atoms with Gasteiger partial charge in [-0.2, -0.15) is 0 Å². The van der Waals surface area contributed by atoms with E-state index in [1.165, 1.54) is 24.8 Å². The topological polar surface area (TPSA) is 49.3 Å². The van der Waals surface area contributed by atoms with Crippen LogP contribution in [0.5, 0.6) is 0 Å². The fourth-order valence-electron chi connectivity index (χ4n) is 3.30. The maximum atomic E-state index is 6.03. The molecule has 2 N–H and O–H groups in total. The van der Waals surface area contributed by atoms with Gasteiger partial charge in [0.25, 0.3) is 0 Å². The number of aromatic nitrogens is 1. The van der Waals surface area contributed by atoms with E-state index in [1.807, 2.05) is 43.6 Å². The summed E-state index contributed by atoms with van der Waals surface area (Å²) in [4.78, 5) is 8.69. The number of benzene rings is 1. The van der Waals surface area contributed by atoms with Crippen LogP contribution in [0, 0.1) is 0 Å². The van der Waals surface area contributed by atoms with Crippen LogP contribution in [0.4, 0.5) is 0 Å². The van der Waals surface area contributed by atoms with Crippen molar-refractivity contribution >= 4 is 41.5 Å². The predicted octanol–water partition coefficient (Wildman–Crippen LogP) is 4.18. The van der Waals surface area contributed by atoms with Crippen LogP contribution in [0.3, 0.4) is 0 Å². The summed E-state index contributed by atoms with van der Waals surface area (Å²) in [6.45, 7) is 1.70. The number of pyridine rings is 1. The highest BCUT2D eigenvalue weighted by molar-refractivity contribution is 14.0. The summed E-state index contributed by atoms with van der Waals surface area (Å²) in [5, 5.41) is 7.66. The smallest absolute Gasteiger partial charge is 0.191 e. The van der Waals surface area contributed by atoms with Gasteiger partial charge in [0.2, 0.25) is 0 Å². The van der Waals surface area contributed by atoms with Crippen molar-refractivity contribution in [2.75, 3.05) is 20.1 Å². The molecule has 1 aliphatic carbocycles. The third kappa shape index (κ3) is 5.33. The van der Waals surface area contributed by atoms with Crippen molar-refractivity contribution in [1.29, 1.82) is 0 Å². The number of nitrogens with one attached hydrogen (secondary N) is 2. The van der Waals surface area contributed by atoms with Crippen LogP contribution in [-0.2, 0) is 11.8 Å². The maximum absolute atomic E-state index is 6.03. The van der Waals surface area contributed by atoms with Gasteiger partial charge in [0, 0.05) is 48.9 Å². The van der Waals surface area contributed by atoms with Gasteiger partial charge >= 0.3 is 0 Å². The zero-order chi connectivity index (χ0) is 17.5. The Bertz CT molecular complexity index is 700. The van der Waals surface area contributed by atoms with Crippen molar-refractivity contribution < 1.29 is 0 Å². The summed E-state index contributed by atoms with van der Waals surface area (Å²) in [6.07, 6.45) is 6.38. The van der Waals surface area contributed by atoms with Crippen LogP contribution in [-0.4, -0.2) is 31.1 Å². The Kier molecular flexibility index (Phi) is 8.15. The van der Waals surface area contributed by atoms with Crippen molar-refractivity contribution in [2.24, 2.45) is 4.99 Å². The minimum atomic E-state index is 0. The van der Waals surface area contributed by atoms with Crippen molar-refractivity contribution in [2.45, 2.75) is 31.1 Å². The van der Waals surface area contributed by atoms with Crippen LogP contribution in [0.2, 0.25) is 5.02 Å². The van der Waals surface area contributed by atoms with Gasteiger partial charge in [-0.05, 0) is 42.7 Å². The number of hydrogen-bond donors (Lipinski definition) is 2. The van der Waals surface area contributed by atoms with E-state index in [1.54, 1.807) is 0 Å². The van der Waals surface area contributed by atoms with E-state index in [4.69, 9.17) is 11.6 Å². The van der Waals surface area contributed by atoms with E-state index >= 15 is 0 Å². The molecule has 1 aliphatic rings. The number of nitrogens with zero attached hydrogens (tertiary/aromatic N) is 2. The van der Waals surface area contributed by atoms with E-state index in [0.717, 1.165) is 36.2 Å². The van der Waals surface area contributed by atoms with Gasteiger partial charge in [0.05, 0.1) is 0 Å². The lowest BCUT2D eigenvalue weighted by atomic mass is 9.64. The van der Waals surface area contributed by atoms with E-state index in [2.05, 4.69) is 32.7 Å². The van der Waals surface area contributed by atoms with E-state index in [9.17, 15) is 0 Å². The predicted molar refractivity (Wildman–Crippen MR) is 120 cm³/mol. The number of aliphatic imine (C=N–C) groups is 1. The lowest BCUT2D eigenvalue weighted by molar-refractivity contribution is 0.244. The number of halogens is 2. The molecule has 0 saturated heterocycles. The van der Waals surface area contributed by atoms with Gasteiger partial charge in [0.1, 0.15) is 0 Å². The molecule has 26 heavy (non-hydrogen) atoms. The Morgan fingerprint density at radius 2 is 1.92 bits per heavy atom. The Balaban J connectivity index is 0.00000243. The summed E-state index contributed by atoms with van der Waals surface area (Å²) >= 11 is 6.03. The average Bonchev–Trinajstić information content (AvgIpc) is 2.61. The van der Waals surface area contributed by atoms with Crippen molar-refractivity contribution in [3.05, 3.63) is 64.9 Å². The molecule has 140 valence electrons. The van der Waals surface area contributed by atoms with Gasteiger partial charge in [-0.25, -0.2) is 0 Å². The van der Waals surface area contributed by atoms with Crippen LogP contribution in [0.25, 0.3) is 0 Å². The van der Waals surface area contributed by atoms with Crippen molar-refractivity contribution in [3.8, 4) is 0 Å². The number of rotatable bonds is 6. The molecule has 3 rings (SSSR count). The Morgan fingerprint density at radius 1 is 1.15 bits per heavy atom. The van der Waals surface area contributed by atoms with Crippen molar-refractivity contribution in [1.82, 2.24) is 15.6 Å². The maximum Gasteiger partial charge on any atom is 0.191 e. The standard InChI is InChI=1S/C20H25ClN4.HI/c1-22-19(24-14-10-18-5-2-3-13-23-18)25-15-20(11-4-12-20)16-6-8-17(21)9-7-16;/h2-3,5-9,13H,4,10-12,14-15H2,1H3,(H2,22,24,25);1H. The first-order valence-corrected chi connectivity index (χ1v) is 9.20. The third-order valence-corrected chi connectivity index (χ3v) is 5.24. The number of guanidine groups is 1. The molecule has 2 aromatic rings.